The maximum Gasteiger partial charge on any atom is 0.407 e. The van der Waals surface area contributed by atoms with Crippen LogP contribution in [0.3, 0.4) is 0 Å². The second-order valence-corrected chi connectivity index (χ2v) is 10.4. The van der Waals surface area contributed by atoms with E-state index in [4.69, 9.17) is 15.6 Å². The number of carboxylic acid groups (broad SMARTS) is 1. The predicted octanol–water partition coefficient (Wildman–Crippen LogP) is 1.96. The van der Waals surface area contributed by atoms with E-state index in [-0.39, 0.29) is 31.2 Å². The van der Waals surface area contributed by atoms with Crippen molar-refractivity contribution >= 4 is 23.9 Å². The number of hydrogen-bond donors (Lipinski definition) is 4. The van der Waals surface area contributed by atoms with E-state index < -0.39 is 41.8 Å². The Balaban J connectivity index is 1.73. The van der Waals surface area contributed by atoms with Crippen LogP contribution < -0.4 is 11.1 Å². The molecule has 4 atom stereocenters. The van der Waals surface area contributed by atoms with Gasteiger partial charge < -0.3 is 30.9 Å². The van der Waals surface area contributed by atoms with Crippen LogP contribution in [0.25, 0.3) is 0 Å². The Morgan fingerprint density at radius 3 is 2.60 bits per heavy atom. The fourth-order valence-corrected chi connectivity index (χ4v) is 4.94. The van der Waals surface area contributed by atoms with Crippen LogP contribution in [-0.2, 0) is 27.3 Å². The molecule has 1 aromatic carbocycles. The number of hydrogen-bond acceptors (Lipinski definition) is 6. The molecule has 3 amide bonds. The molecule has 1 aromatic rings. The summed E-state index contributed by atoms with van der Waals surface area (Å²) in [5.41, 5.74) is 6.96. The van der Waals surface area contributed by atoms with Crippen LogP contribution in [0, 0.1) is 5.92 Å². The van der Waals surface area contributed by atoms with Crippen molar-refractivity contribution in [2.45, 2.75) is 89.6 Å². The molecule has 0 radical (unpaired) electrons. The number of alkyl carbamates (subject to hydrolysis) is 1. The zero-order valence-corrected chi connectivity index (χ0v) is 20.5. The minimum Gasteiger partial charge on any atom is -0.481 e. The van der Waals surface area contributed by atoms with Crippen molar-refractivity contribution in [3.05, 3.63) is 34.9 Å². The summed E-state index contributed by atoms with van der Waals surface area (Å²) >= 11 is 0. The average Bonchev–Trinajstić information content (AvgIpc) is 3.04. The number of benzene rings is 1. The summed E-state index contributed by atoms with van der Waals surface area (Å²) in [7, 11) is 0. The zero-order valence-electron chi connectivity index (χ0n) is 20.5. The summed E-state index contributed by atoms with van der Waals surface area (Å²) in [4.78, 5) is 49.5. The minimum atomic E-state index is -1.06. The molecule has 5 N–H and O–H groups in total. The molecule has 192 valence electrons. The first-order valence-electron chi connectivity index (χ1n) is 12.0. The summed E-state index contributed by atoms with van der Waals surface area (Å²) in [6, 6.07) is 3.99. The van der Waals surface area contributed by atoms with E-state index in [0.29, 0.717) is 18.4 Å². The molecule has 1 unspecified atom stereocenters. The Kier molecular flexibility index (Phi) is 8.04. The van der Waals surface area contributed by atoms with E-state index in [9.17, 15) is 24.3 Å². The lowest BCUT2D eigenvalue weighted by molar-refractivity contribution is -0.137. The molecule has 0 spiro atoms. The standard InChI is InChI=1S/C25H35N3O7/c1-25(2,3)35-24(34)27-21-15(5-4-6-19(21)29)11-14-7-8-17-16(12-14)13-28(23(17)33)18(22(26)32)9-10-20(30)31/h7-8,12,15,18-19,21,29H,4-6,9-11,13H2,1-3H3,(H2,26,32)(H,27,34)(H,30,31)/t15-,18?,19+,21-/m0/s1. The number of ether oxygens (including phenoxy) is 1. The molecule has 0 aromatic heterocycles. The summed E-state index contributed by atoms with van der Waals surface area (Å²) in [6.45, 7) is 5.50. The van der Waals surface area contributed by atoms with Gasteiger partial charge in [0.05, 0.1) is 12.1 Å². The number of nitrogens with two attached hydrogens (primary N) is 1. The number of rotatable bonds is 8. The summed E-state index contributed by atoms with van der Waals surface area (Å²) in [6.07, 6.45) is 1.26. The Bertz CT molecular complexity index is 988. The van der Waals surface area contributed by atoms with Crippen LogP contribution in [0.2, 0.25) is 0 Å². The molecule has 1 aliphatic carbocycles. The number of carboxylic acids is 1. The van der Waals surface area contributed by atoms with Gasteiger partial charge in [0, 0.05) is 18.5 Å². The number of primary amides is 1. The average molecular weight is 490 g/mol. The Morgan fingerprint density at radius 2 is 1.97 bits per heavy atom. The van der Waals surface area contributed by atoms with Gasteiger partial charge in [-0.2, -0.15) is 0 Å². The van der Waals surface area contributed by atoms with E-state index >= 15 is 0 Å². The molecule has 10 heteroatoms. The van der Waals surface area contributed by atoms with Crippen molar-refractivity contribution in [1.29, 1.82) is 0 Å². The van der Waals surface area contributed by atoms with E-state index in [1.807, 2.05) is 12.1 Å². The summed E-state index contributed by atoms with van der Waals surface area (Å²) in [5, 5.41) is 22.4. The van der Waals surface area contributed by atoms with Gasteiger partial charge in [-0.15, -0.1) is 0 Å². The quantitative estimate of drug-likeness (QED) is 0.434. The van der Waals surface area contributed by atoms with Crippen LogP contribution in [0.4, 0.5) is 4.79 Å². The van der Waals surface area contributed by atoms with Gasteiger partial charge in [-0.05, 0) is 69.6 Å². The maximum atomic E-state index is 12.9. The van der Waals surface area contributed by atoms with Crippen LogP contribution in [0.1, 0.15) is 74.4 Å². The lowest BCUT2D eigenvalue weighted by atomic mass is 9.79. The third-order valence-corrected chi connectivity index (χ3v) is 6.52. The third kappa shape index (κ3) is 6.72. The molecule has 0 saturated heterocycles. The fraction of sp³-hybridized carbons (Fsp3) is 0.600. The predicted molar refractivity (Wildman–Crippen MR) is 126 cm³/mol. The summed E-state index contributed by atoms with van der Waals surface area (Å²) in [5.74, 6) is -2.17. The number of nitrogens with zero attached hydrogens (tertiary/aromatic N) is 1. The molecule has 2 aliphatic rings. The van der Waals surface area contributed by atoms with Gasteiger partial charge in [0.2, 0.25) is 5.91 Å². The largest absolute Gasteiger partial charge is 0.481 e. The molecular weight excluding hydrogens is 454 g/mol. The van der Waals surface area contributed by atoms with Crippen molar-refractivity contribution in [2.24, 2.45) is 11.7 Å². The lowest BCUT2D eigenvalue weighted by Crippen LogP contribution is -2.52. The van der Waals surface area contributed by atoms with Crippen molar-refractivity contribution in [3.63, 3.8) is 0 Å². The zero-order chi connectivity index (χ0) is 25.9. The number of aliphatic carboxylic acids is 1. The van der Waals surface area contributed by atoms with Crippen molar-refractivity contribution < 1.29 is 34.1 Å². The first-order chi connectivity index (χ1) is 16.4. The first-order valence-corrected chi connectivity index (χ1v) is 12.0. The molecule has 10 nitrogen and oxygen atoms in total. The molecule has 3 rings (SSSR count). The van der Waals surface area contributed by atoms with Crippen LogP contribution in [0.5, 0.6) is 0 Å². The molecule has 35 heavy (non-hydrogen) atoms. The number of carbonyl (C=O) groups excluding carboxylic acids is 3. The normalized spacial score (nSPS) is 22.9. The van der Waals surface area contributed by atoms with Gasteiger partial charge in [0.1, 0.15) is 11.6 Å². The van der Waals surface area contributed by atoms with Gasteiger partial charge >= 0.3 is 12.1 Å². The van der Waals surface area contributed by atoms with Gasteiger partial charge in [0.15, 0.2) is 0 Å². The fourth-order valence-electron chi connectivity index (χ4n) is 4.94. The van der Waals surface area contributed by atoms with Crippen LogP contribution in [-0.4, -0.2) is 62.8 Å². The minimum absolute atomic E-state index is 0.0218. The number of nitrogens with one attached hydrogen (secondary N) is 1. The van der Waals surface area contributed by atoms with Crippen LogP contribution in [0.15, 0.2) is 18.2 Å². The van der Waals surface area contributed by atoms with Gasteiger partial charge in [-0.3, -0.25) is 14.4 Å². The van der Waals surface area contributed by atoms with Crippen molar-refractivity contribution in [2.75, 3.05) is 0 Å². The van der Waals surface area contributed by atoms with Gasteiger partial charge in [-0.25, -0.2) is 4.79 Å². The maximum absolute atomic E-state index is 12.9. The highest BCUT2D eigenvalue weighted by atomic mass is 16.6. The molecule has 1 heterocycles. The Hall–Kier alpha value is -3.14. The van der Waals surface area contributed by atoms with E-state index in [0.717, 1.165) is 24.0 Å². The Morgan fingerprint density at radius 1 is 1.26 bits per heavy atom. The van der Waals surface area contributed by atoms with Crippen LogP contribution >= 0.6 is 0 Å². The molecule has 0 bridgehead atoms. The van der Waals surface area contributed by atoms with Gasteiger partial charge in [-0.1, -0.05) is 18.6 Å². The SMILES string of the molecule is CC(C)(C)OC(=O)N[C@H]1[C@H](Cc2ccc3c(c2)CN(C(CCC(=O)O)C(N)=O)C3=O)CCC[C@H]1O. The number of fused-ring (bicyclic) bond motifs is 1. The molecule has 1 fully saturated rings. The Labute approximate surface area is 204 Å². The van der Waals surface area contributed by atoms with E-state index in [2.05, 4.69) is 5.32 Å². The van der Waals surface area contributed by atoms with E-state index in [1.54, 1.807) is 26.8 Å². The monoisotopic (exact) mass is 489 g/mol. The first kappa shape index (κ1) is 26.5. The number of aliphatic hydroxyl groups excluding tert-OH is 1. The smallest absolute Gasteiger partial charge is 0.407 e. The molecular formula is C25H35N3O7. The second kappa shape index (κ2) is 10.6. The summed E-state index contributed by atoms with van der Waals surface area (Å²) < 4.78 is 5.37. The molecule has 1 saturated carbocycles. The topological polar surface area (TPSA) is 159 Å². The van der Waals surface area contributed by atoms with E-state index in [1.165, 1.54) is 4.90 Å². The van der Waals surface area contributed by atoms with Gasteiger partial charge in [0.25, 0.3) is 5.91 Å². The highest BCUT2D eigenvalue weighted by Crippen LogP contribution is 2.31. The third-order valence-electron chi connectivity index (χ3n) is 6.52. The van der Waals surface area contributed by atoms with Crippen molar-refractivity contribution in [3.8, 4) is 0 Å². The highest BCUT2D eigenvalue weighted by molar-refractivity contribution is 6.01. The number of amides is 3. The number of aliphatic hydroxyl groups is 1. The lowest BCUT2D eigenvalue weighted by Gasteiger charge is -2.36. The number of carbonyl (C=O) groups is 4. The molecule has 1 aliphatic heterocycles. The second-order valence-electron chi connectivity index (χ2n) is 10.4. The van der Waals surface area contributed by atoms with Crippen molar-refractivity contribution in [1.82, 2.24) is 10.2 Å². The highest BCUT2D eigenvalue weighted by Gasteiger charge is 2.37.